The van der Waals surface area contributed by atoms with Gasteiger partial charge in [-0.05, 0) is 112 Å². The molecule has 1 aromatic heterocycles. The molecule has 0 unspecified atom stereocenters. The van der Waals surface area contributed by atoms with E-state index in [0.717, 1.165) is 64.8 Å². The van der Waals surface area contributed by atoms with E-state index in [1.165, 1.54) is 35.5 Å². The molecule has 0 radical (unpaired) electrons. The number of aryl methyl sites for hydroxylation is 1. The predicted molar refractivity (Wildman–Crippen MR) is 209 cm³/mol. The second-order valence-electron chi connectivity index (χ2n) is 12.4. The highest BCUT2D eigenvalue weighted by atomic mass is 32.2. The summed E-state index contributed by atoms with van der Waals surface area (Å²) in [6.45, 7) is 10.8. The summed E-state index contributed by atoms with van der Waals surface area (Å²) in [5.41, 5.74) is 2.41. The van der Waals surface area contributed by atoms with Gasteiger partial charge in [-0.1, -0.05) is 106 Å². The third-order valence-corrected chi connectivity index (χ3v) is 12.3. The fourth-order valence-electron chi connectivity index (χ4n) is 6.54. The van der Waals surface area contributed by atoms with Gasteiger partial charge in [-0.2, -0.15) is 0 Å². The number of ether oxygens (including phenoxy) is 2. The Morgan fingerprint density at radius 2 is 1.08 bits per heavy atom. The highest BCUT2D eigenvalue weighted by molar-refractivity contribution is 8.01. The average molecular weight is 669 g/mol. The second-order valence-corrected chi connectivity index (χ2v) is 14.9. The third kappa shape index (κ3) is 6.48. The Morgan fingerprint density at radius 3 is 1.54 bits per heavy atom. The molecule has 0 N–H and O–H groups in total. The van der Waals surface area contributed by atoms with Crippen LogP contribution in [-0.4, -0.2) is 25.4 Å². The molecule has 6 rings (SSSR count). The van der Waals surface area contributed by atoms with Crippen LogP contribution in [0.3, 0.4) is 0 Å². The van der Waals surface area contributed by atoms with Crippen LogP contribution in [0.2, 0.25) is 0 Å². The number of thiophene rings is 1. The van der Waals surface area contributed by atoms with Crippen molar-refractivity contribution in [2.45, 2.75) is 87.0 Å². The maximum atomic E-state index is 6.02. The molecule has 1 heterocycles. The summed E-state index contributed by atoms with van der Waals surface area (Å²) in [6, 6.07) is 29.1. The summed E-state index contributed by atoms with van der Waals surface area (Å²) in [6.07, 6.45) is 4.31. The van der Waals surface area contributed by atoms with Gasteiger partial charge in [0.1, 0.15) is 11.2 Å². The summed E-state index contributed by atoms with van der Waals surface area (Å²) >= 11 is 3.67. The van der Waals surface area contributed by atoms with Crippen molar-refractivity contribution in [1.29, 1.82) is 0 Å². The first-order valence-corrected chi connectivity index (χ1v) is 18.8. The number of rotatable bonds is 9. The minimum absolute atomic E-state index is 0.502. The van der Waals surface area contributed by atoms with Crippen LogP contribution in [0, 0.1) is 23.7 Å². The Kier molecular flexibility index (Phi) is 10.2. The van der Waals surface area contributed by atoms with Crippen molar-refractivity contribution in [2.75, 3.05) is 14.2 Å². The van der Waals surface area contributed by atoms with Crippen molar-refractivity contribution < 1.29 is 9.47 Å². The number of benzene rings is 5. The maximum Gasteiger partial charge on any atom is 0.128 e. The molecule has 0 aliphatic rings. The first-order chi connectivity index (χ1) is 23.3. The van der Waals surface area contributed by atoms with Crippen molar-refractivity contribution in [3.63, 3.8) is 0 Å². The van der Waals surface area contributed by atoms with E-state index in [-0.39, 0.29) is 0 Å². The predicted octanol–water partition coefficient (Wildman–Crippen LogP) is 12.2. The van der Waals surface area contributed by atoms with E-state index < -0.39 is 11.2 Å². The standard InChI is InChI=1S/C44H44O2S2/c1-8-30-17-19-34(20-18-30)47-42-28-33-27-39-35(21-23-43(9-2,10-3)45-6)37-25-31-15-13-14-16-32(31)26-38(37)36(40(39)29-41(33)48-42)22-24-44(11-4,12-5)46-7/h13-20,25-29H,8-12H2,1-7H3. The fourth-order valence-corrected chi connectivity index (χ4v) is 8.77. The molecule has 0 saturated heterocycles. The summed E-state index contributed by atoms with van der Waals surface area (Å²) in [5.74, 6) is 14.6. The first-order valence-electron chi connectivity index (χ1n) is 17.1. The molecule has 0 amide bonds. The van der Waals surface area contributed by atoms with Gasteiger partial charge in [-0.25, -0.2) is 0 Å². The van der Waals surface area contributed by atoms with E-state index in [0.29, 0.717) is 0 Å². The van der Waals surface area contributed by atoms with Crippen LogP contribution < -0.4 is 0 Å². The van der Waals surface area contributed by atoms with Gasteiger partial charge in [-0.15, -0.1) is 11.3 Å². The summed E-state index contributed by atoms with van der Waals surface area (Å²) in [5, 5.41) is 8.08. The van der Waals surface area contributed by atoms with Crippen LogP contribution in [0.5, 0.6) is 0 Å². The molecule has 6 aromatic rings. The van der Waals surface area contributed by atoms with Crippen LogP contribution in [0.1, 0.15) is 77.0 Å². The highest BCUT2D eigenvalue weighted by Gasteiger charge is 2.24. The Bertz CT molecular complexity index is 2080. The molecule has 0 bridgehead atoms. The Labute approximate surface area is 294 Å². The molecule has 0 saturated carbocycles. The number of fused-ring (bicyclic) bond motifs is 4. The van der Waals surface area contributed by atoms with Crippen LogP contribution in [0.25, 0.3) is 42.4 Å². The summed E-state index contributed by atoms with van der Waals surface area (Å²) in [4.78, 5) is 1.25. The molecular formula is C44H44O2S2. The lowest BCUT2D eigenvalue weighted by molar-refractivity contribution is 0.0344. The lowest BCUT2D eigenvalue weighted by atomic mass is 9.88. The molecule has 0 aliphatic carbocycles. The van der Waals surface area contributed by atoms with Crippen LogP contribution in [-0.2, 0) is 15.9 Å². The SMILES string of the molecule is CCc1ccc(Sc2cc3cc4c(C#CC(CC)(CC)OC)c5cc6ccccc6cc5c(C#CC(CC)(CC)OC)c4cc3s2)cc1. The zero-order valence-corrected chi connectivity index (χ0v) is 30.8. The minimum atomic E-state index is -0.502. The van der Waals surface area contributed by atoms with E-state index in [4.69, 9.17) is 9.47 Å². The van der Waals surface area contributed by atoms with Crippen molar-refractivity contribution in [1.82, 2.24) is 0 Å². The second kappa shape index (κ2) is 14.4. The summed E-state index contributed by atoms with van der Waals surface area (Å²) in [7, 11) is 3.55. The van der Waals surface area contributed by atoms with Crippen LogP contribution >= 0.6 is 23.1 Å². The van der Waals surface area contributed by atoms with E-state index in [9.17, 15) is 0 Å². The maximum absolute atomic E-state index is 6.02. The van der Waals surface area contributed by atoms with Gasteiger partial charge in [0, 0.05) is 40.3 Å². The van der Waals surface area contributed by atoms with Gasteiger partial charge in [0.25, 0.3) is 0 Å². The highest BCUT2D eigenvalue weighted by Crippen LogP contribution is 2.42. The molecule has 244 valence electrons. The van der Waals surface area contributed by atoms with Gasteiger partial charge in [0.05, 0.1) is 4.21 Å². The average Bonchev–Trinajstić information content (AvgIpc) is 3.53. The fraction of sp³-hybridized carbons (Fsp3) is 0.318. The van der Waals surface area contributed by atoms with Crippen LogP contribution in [0.4, 0.5) is 0 Å². The topological polar surface area (TPSA) is 18.5 Å². The van der Waals surface area contributed by atoms with Gasteiger partial charge in [0.15, 0.2) is 0 Å². The zero-order chi connectivity index (χ0) is 33.9. The summed E-state index contributed by atoms with van der Waals surface area (Å²) < 4.78 is 14.6. The molecule has 0 atom stereocenters. The minimum Gasteiger partial charge on any atom is -0.366 e. The van der Waals surface area contributed by atoms with Crippen molar-refractivity contribution in [2.24, 2.45) is 0 Å². The van der Waals surface area contributed by atoms with Gasteiger partial charge in [-0.3, -0.25) is 0 Å². The Morgan fingerprint density at radius 1 is 0.604 bits per heavy atom. The van der Waals surface area contributed by atoms with Crippen molar-refractivity contribution >= 4 is 65.5 Å². The van der Waals surface area contributed by atoms with E-state index in [1.54, 1.807) is 14.2 Å². The molecule has 48 heavy (non-hydrogen) atoms. The monoisotopic (exact) mass is 668 g/mol. The number of hydrogen-bond acceptors (Lipinski definition) is 4. The largest absolute Gasteiger partial charge is 0.366 e. The van der Waals surface area contributed by atoms with E-state index in [2.05, 4.69) is 137 Å². The molecule has 0 aliphatic heterocycles. The molecule has 0 fully saturated rings. The van der Waals surface area contributed by atoms with Crippen LogP contribution in [0.15, 0.2) is 88.0 Å². The lowest BCUT2D eigenvalue weighted by Gasteiger charge is -2.24. The van der Waals surface area contributed by atoms with E-state index >= 15 is 0 Å². The van der Waals surface area contributed by atoms with E-state index in [1.807, 2.05) is 23.1 Å². The molecule has 0 spiro atoms. The van der Waals surface area contributed by atoms with Crippen molar-refractivity contribution in [3.05, 3.63) is 95.6 Å². The lowest BCUT2D eigenvalue weighted by Crippen LogP contribution is -2.27. The number of methoxy groups -OCH3 is 2. The molecule has 5 aromatic carbocycles. The number of hydrogen-bond donors (Lipinski definition) is 0. The van der Waals surface area contributed by atoms with Gasteiger partial charge < -0.3 is 9.47 Å². The quantitative estimate of drug-likeness (QED) is 0.113. The molecule has 2 nitrogen and oxygen atoms in total. The zero-order valence-electron chi connectivity index (χ0n) is 29.2. The molecule has 4 heteroatoms. The van der Waals surface area contributed by atoms with Gasteiger partial charge >= 0.3 is 0 Å². The Balaban J connectivity index is 1.69. The third-order valence-electron chi connectivity index (χ3n) is 10.0. The molecular weight excluding hydrogens is 625 g/mol. The van der Waals surface area contributed by atoms with Gasteiger partial charge in [0.2, 0.25) is 0 Å². The Hall–Kier alpha value is -3.77. The van der Waals surface area contributed by atoms with Crippen molar-refractivity contribution in [3.8, 4) is 23.7 Å². The normalized spacial score (nSPS) is 12.0. The smallest absolute Gasteiger partial charge is 0.128 e. The first kappa shape index (κ1) is 34.1.